The maximum Gasteiger partial charge on any atom is 0.238 e. The number of rotatable bonds is 7. The molecule has 5 N–H and O–H groups in total. The van der Waals surface area contributed by atoms with Crippen molar-refractivity contribution in [3.63, 3.8) is 0 Å². The number of benzene rings is 2. The minimum absolute atomic E-state index is 0.0976. The molecular weight excluding hydrogens is 340 g/mol. The number of amides is 1. The molecule has 0 bridgehead atoms. The van der Waals surface area contributed by atoms with E-state index in [2.05, 4.69) is 15.6 Å². The van der Waals surface area contributed by atoms with Crippen LogP contribution in [0, 0.1) is 0 Å². The highest BCUT2D eigenvalue weighted by Gasteiger charge is 2.11. The lowest BCUT2D eigenvalue weighted by molar-refractivity contribution is -0.105. The van der Waals surface area contributed by atoms with Crippen LogP contribution < -0.4 is 15.8 Å². The second kappa shape index (κ2) is 6.96. The van der Waals surface area contributed by atoms with Crippen molar-refractivity contribution in [3.05, 3.63) is 54.1 Å². The number of nitrogens with two attached hydrogens (primary N) is 1. The van der Waals surface area contributed by atoms with Gasteiger partial charge in [0.2, 0.25) is 16.4 Å². The summed E-state index contributed by atoms with van der Waals surface area (Å²) in [6.45, 7) is 0.559. The number of sulfonamides is 1. The van der Waals surface area contributed by atoms with Gasteiger partial charge in [0.25, 0.3) is 0 Å². The Bertz CT molecular complexity index is 1010. The van der Waals surface area contributed by atoms with E-state index in [0.29, 0.717) is 25.2 Å². The Hall–Kier alpha value is -2.84. The molecule has 0 aliphatic carbocycles. The molecule has 0 aliphatic heterocycles. The van der Waals surface area contributed by atoms with Crippen LogP contribution in [-0.4, -0.2) is 26.4 Å². The molecule has 25 heavy (non-hydrogen) atoms. The Labute approximate surface area is 145 Å². The van der Waals surface area contributed by atoms with Gasteiger partial charge in [-0.3, -0.25) is 4.79 Å². The Morgan fingerprint density at radius 1 is 1.12 bits per heavy atom. The molecular formula is C17H18N4O3S. The van der Waals surface area contributed by atoms with Gasteiger partial charge >= 0.3 is 0 Å². The molecule has 0 radical (unpaired) electrons. The van der Waals surface area contributed by atoms with Crippen LogP contribution in [0.15, 0.2) is 53.4 Å². The van der Waals surface area contributed by atoms with Crippen molar-refractivity contribution in [2.75, 3.05) is 17.2 Å². The molecule has 7 nitrogen and oxygen atoms in total. The van der Waals surface area contributed by atoms with E-state index in [1.165, 1.54) is 6.07 Å². The third kappa shape index (κ3) is 3.81. The fourth-order valence-corrected chi connectivity index (χ4v) is 3.29. The minimum atomic E-state index is -3.71. The lowest BCUT2D eigenvalue weighted by Gasteiger charge is -2.09. The summed E-state index contributed by atoms with van der Waals surface area (Å²) in [6.07, 6.45) is 1.22. The first-order valence-corrected chi connectivity index (χ1v) is 9.20. The lowest BCUT2D eigenvalue weighted by atomic mass is 10.1. The van der Waals surface area contributed by atoms with Crippen LogP contribution in [0.2, 0.25) is 0 Å². The Morgan fingerprint density at radius 2 is 1.92 bits per heavy atom. The topological polar surface area (TPSA) is 117 Å². The zero-order valence-corrected chi connectivity index (χ0v) is 14.1. The third-order valence-corrected chi connectivity index (χ3v) is 4.76. The van der Waals surface area contributed by atoms with Gasteiger partial charge in [-0.2, -0.15) is 0 Å². The number of hydrogen-bond acceptors (Lipinski definition) is 4. The van der Waals surface area contributed by atoms with Gasteiger partial charge in [-0.05, 0) is 30.2 Å². The monoisotopic (exact) mass is 358 g/mol. The molecule has 0 saturated heterocycles. The molecule has 130 valence electrons. The molecule has 0 atom stereocenters. The summed E-state index contributed by atoms with van der Waals surface area (Å²) in [4.78, 5) is 14.0. The van der Waals surface area contributed by atoms with E-state index < -0.39 is 10.0 Å². The molecule has 0 spiro atoms. The number of H-pyrrole nitrogens is 1. The summed E-state index contributed by atoms with van der Waals surface area (Å²) in [6, 6.07) is 14.2. The quantitative estimate of drug-likeness (QED) is 0.483. The van der Waals surface area contributed by atoms with Crippen molar-refractivity contribution >= 4 is 38.8 Å². The van der Waals surface area contributed by atoms with Crippen molar-refractivity contribution in [1.29, 1.82) is 0 Å². The summed E-state index contributed by atoms with van der Waals surface area (Å²) < 4.78 is 22.9. The maximum atomic E-state index is 11.4. The Morgan fingerprint density at radius 3 is 2.68 bits per heavy atom. The second-order valence-electron chi connectivity index (χ2n) is 5.55. The Kier molecular flexibility index (Phi) is 4.73. The van der Waals surface area contributed by atoms with Crippen LogP contribution in [0.25, 0.3) is 10.9 Å². The van der Waals surface area contributed by atoms with Gasteiger partial charge in [-0.1, -0.05) is 30.3 Å². The Balaban J connectivity index is 1.77. The molecule has 1 amide bonds. The highest BCUT2D eigenvalue weighted by Crippen LogP contribution is 2.31. The summed E-state index contributed by atoms with van der Waals surface area (Å²) in [5.41, 5.74) is 2.56. The highest BCUT2D eigenvalue weighted by atomic mass is 32.2. The predicted octanol–water partition coefficient (Wildman–Crippen LogP) is 2.04. The number of carbonyl (C=O) groups is 1. The van der Waals surface area contributed by atoms with E-state index in [9.17, 15) is 13.2 Å². The van der Waals surface area contributed by atoms with Crippen molar-refractivity contribution in [2.45, 2.75) is 11.3 Å². The molecule has 2 aromatic carbocycles. The van der Waals surface area contributed by atoms with Crippen molar-refractivity contribution in [1.82, 2.24) is 4.98 Å². The van der Waals surface area contributed by atoms with Gasteiger partial charge in [0, 0.05) is 17.4 Å². The van der Waals surface area contributed by atoms with Gasteiger partial charge in [0.1, 0.15) is 5.82 Å². The summed E-state index contributed by atoms with van der Waals surface area (Å²) in [5, 5.41) is 12.1. The van der Waals surface area contributed by atoms with E-state index >= 15 is 0 Å². The molecule has 8 heteroatoms. The van der Waals surface area contributed by atoms with Crippen LogP contribution in [0.3, 0.4) is 0 Å². The van der Waals surface area contributed by atoms with Crippen molar-refractivity contribution < 1.29 is 13.2 Å². The van der Waals surface area contributed by atoms with Crippen LogP contribution >= 0.6 is 0 Å². The molecule has 3 rings (SSSR count). The number of aromatic nitrogens is 1. The van der Waals surface area contributed by atoms with Gasteiger partial charge in [0.05, 0.1) is 10.6 Å². The van der Waals surface area contributed by atoms with Crippen LogP contribution in [0.5, 0.6) is 0 Å². The zero-order chi connectivity index (χ0) is 17.9. The second-order valence-corrected chi connectivity index (χ2v) is 7.11. The minimum Gasteiger partial charge on any atom is -0.381 e. The molecule has 1 aromatic heterocycles. The largest absolute Gasteiger partial charge is 0.381 e. The first-order chi connectivity index (χ1) is 12.0. The van der Waals surface area contributed by atoms with Crippen molar-refractivity contribution in [2.24, 2.45) is 5.14 Å². The summed E-state index contributed by atoms with van der Waals surface area (Å²) in [5.74, 6) is 0.592. The number of carbonyl (C=O) groups excluding carboxylic acids is 1. The molecule has 3 aromatic rings. The number of nitrogens with one attached hydrogen (secondary N) is 3. The number of para-hydroxylation sites is 1. The lowest BCUT2D eigenvalue weighted by Crippen LogP contribution is -2.13. The summed E-state index contributed by atoms with van der Waals surface area (Å²) in [7, 11) is -3.71. The van der Waals surface area contributed by atoms with Gasteiger partial charge in [-0.25, -0.2) is 13.6 Å². The van der Waals surface area contributed by atoms with Crippen LogP contribution in [0.4, 0.5) is 11.5 Å². The molecule has 0 aliphatic rings. The van der Waals surface area contributed by atoms with Gasteiger partial charge in [0.15, 0.2) is 0 Å². The first-order valence-electron chi connectivity index (χ1n) is 7.65. The fraction of sp³-hybridized carbons (Fsp3) is 0.118. The average Bonchev–Trinajstić information content (AvgIpc) is 2.93. The number of aromatic amines is 1. The zero-order valence-electron chi connectivity index (χ0n) is 13.3. The molecule has 0 fully saturated rings. The van der Waals surface area contributed by atoms with E-state index in [1.54, 1.807) is 12.1 Å². The number of primary sulfonamides is 1. The van der Waals surface area contributed by atoms with E-state index in [-0.39, 0.29) is 4.90 Å². The molecule has 1 heterocycles. The molecule has 0 unspecified atom stereocenters. The van der Waals surface area contributed by atoms with E-state index in [4.69, 9.17) is 5.14 Å². The van der Waals surface area contributed by atoms with E-state index in [0.717, 1.165) is 22.2 Å². The van der Waals surface area contributed by atoms with Gasteiger partial charge < -0.3 is 15.6 Å². The van der Waals surface area contributed by atoms with Crippen molar-refractivity contribution in [3.8, 4) is 0 Å². The van der Waals surface area contributed by atoms with Crippen LogP contribution in [-0.2, 0) is 21.2 Å². The highest BCUT2D eigenvalue weighted by molar-refractivity contribution is 7.89. The number of fused-ring (bicyclic) bond motifs is 1. The molecule has 0 saturated carbocycles. The number of hydrogen-bond donors (Lipinski definition) is 4. The van der Waals surface area contributed by atoms with Crippen LogP contribution in [0.1, 0.15) is 5.56 Å². The smallest absolute Gasteiger partial charge is 0.238 e. The SMILES string of the molecule is NS(=O)(=O)c1cccc(CCNc2c(NC=O)[nH]c3ccccc23)c1. The number of anilines is 2. The van der Waals surface area contributed by atoms with Gasteiger partial charge in [-0.15, -0.1) is 0 Å². The first kappa shape index (κ1) is 17.0. The van der Waals surface area contributed by atoms with E-state index in [1.807, 2.05) is 30.3 Å². The predicted molar refractivity (Wildman–Crippen MR) is 98.0 cm³/mol. The average molecular weight is 358 g/mol. The third-order valence-electron chi connectivity index (χ3n) is 3.85. The normalized spacial score (nSPS) is 11.4. The fourth-order valence-electron chi connectivity index (χ4n) is 2.70. The standard InChI is InChI=1S/C17H18N4O3S/c18-25(23,24)13-5-3-4-12(10-13)8-9-19-16-14-6-1-2-7-15(14)21-17(16)20-11-22/h1-7,10-11,19,21H,8-9H2,(H,20,22)(H2,18,23,24). The summed E-state index contributed by atoms with van der Waals surface area (Å²) >= 11 is 0. The maximum absolute atomic E-state index is 11.4.